The summed E-state index contributed by atoms with van der Waals surface area (Å²) >= 11 is 6.05. The molecular weight excluding hydrogens is 384 g/mol. The van der Waals surface area contributed by atoms with Gasteiger partial charge in [0.15, 0.2) is 0 Å². The lowest BCUT2D eigenvalue weighted by molar-refractivity contribution is -0.139. The van der Waals surface area contributed by atoms with Gasteiger partial charge in [-0.05, 0) is 86.3 Å². The molecule has 0 spiro atoms. The van der Waals surface area contributed by atoms with Crippen LogP contribution in [0.2, 0.25) is 5.02 Å². The standard InChI is InChI=1S/C24H31ClN2O2/c25-21-4-1-3-20(12-21)23(29)27-6-2-5-26(7-8-27)22(28)16-24-13-17-9-18(14-24)11-19(10-17)15-24/h1,3-4,12,17-19H,2,5-11,13-16H2. The van der Waals surface area contributed by atoms with Crippen molar-refractivity contribution in [3.8, 4) is 0 Å². The van der Waals surface area contributed by atoms with Crippen LogP contribution in [0.15, 0.2) is 24.3 Å². The maximum absolute atomic E-state index is 13.2. The minimum absolute atomic E-state index is 0.0166. The summed E-state index contributed by atoms with van der Waals surface area (Å²) in [6.45, 7) is 2.73. The third-order valence-electron chi connectivity index (χ3n) is 7.90. The van der Waals surface area contributed by atoms with Gasteiger partial charge in [0.25, 0.3) is 5.91 Å². The first-order chi connectivity index (χ1) is 14.0. The van der Waals surface area contributed by atoms with E-state index in [2.05, 4.69) is 0 Å². The Kier molecular flexibility index (Phi) is 5.09. The molecule has 4 nitrogen and oxygen atoms in total. The third-order valence-corrected chi connectivity index (χ3v) is 8.13. The van der Waals surface area contributed by atoms with Crippen LogP contribution in [0, 0.1) is 23.2 Å². The molecule has 0 radical (unpaired) electrons. The molecule has 6 rings (SSSR count). The van der Waals surface area contributed by atoms with Crippen molar-refractivity contribution in [1.29, 1.82) is 0 Å². The van der Waals surface area contributed by atoms with E-state index in [0.29, 0.717) is 36.1 Å². The fraction of sp³-hybridized carbons (Fsp3) is 0.667. The van der Waals surface area contributed by atoms with Crippen molar-refractivity contribution in [3.63, 3.8) is 0 Å². The van der Waals surface area contributed by atoms with Crippen LogP contribution in [0.5, 0.6) is 0 Å². The Morgan fingerprint density at radius 1 is 0.931 bits per heavy atom. The molecule has 0 N–H and O–H groups in total. The zero-order valence-electron chi connectivity index (χ0n) is 17.1. The smallest absolute Gasteiger partial charge is 0.253 e. The molecule has 29 heavy (non-hydrogen) atoms. The molecule has 4 bridgehead atoms. The van der Waals surface area contributed by atoms with Crippen LogP contribution in [0.25, 0.3) is 0 Å². The van der Waals surface area contributed by atoms with Crippen molar-refractivity contribution in [1.82, 2.24) is 9.80 Å². The summed E-state index contributed by atoms with van der Waals surface area (Å²) in [5.74, 6) is 2.98. The summed E-state index contributed by atoms with van der Waals surface area (Å²) in [6, 6.07) is 7.14. The van der Waals surface area contributed by atoms with Crippen LogP contribution >= 0.6 is 11.6 Å². The van der Waals surface area contributed by atoms with Gasteiger partial charge in [-0.3, -0.25) is 9.59 Å². The lowest BCUT2D eigenvalue weighted by atomic mass is 9.49. The summed E-state index contributed by atoms with van der Waals surface area (Å²) in [4.78, 5) is 30.0. The number of hydrogen-bond acceptors (Lipinski definition) is 2. The van der Waals surface area contributed by atoms with Crippen LogP contribution in [0.4, 0.5) is 0 Å². The number of hydrogen-bond donors (Lipinski definition) is 0. The van der Waals surface area contributed by atoms with E-state index in [1.54, 1.807) is 12.1 Å². The van der Waals surface area contributed by atoms with Crippen LogP contribution < -0.4 is 0 Å². The predicted octanol–water partition coefficient (Wildman–Crippen LogP) is 4.62. The molecule has 0 atom stereocenters. The minimum Gasteiger partial charge on any atom is -0.341 e. The van der Waals surface area contributed by atoms with E-state index in [4.69, 9.17) is 11.6 Å². The summed E-state index contributed by atoms with van der Waals surface area (Å²) in [5.41, 5.74) is 0.917. The maximum Gasteiger partial charge on any atom is 0.253 e. The molecule has 1 aromatic rings. The monoisotopic (exact) mass is 414 g/mol. The van der Waals surface area contributed by atoms with Crippen LogP contribution in [0.3, 0.4) is 0 Å². The predicted molar refractivity (Wildman–Crippen MR) is 114 cm³/mol. The molecule has 0 aromatic heterocycles. The molecular formula is C24H31ClN2O2. The van der Waals surface area contributed by atoms with Gasteiger partial charge in [0.1, 0.15) is 0 Å². The molecule has 0 unspecified atom stereocenters. The lowest BCUT2D eigenvalue weighted by Crippen LogP contribution is -2.48. The summed E-state index contributed by atoms with van der Waals surface area (Å²) < 4.78 is 0. The van der Waals surface area contributed by atoms with Gasteiger partial charge in [0.05, 0.1) is 0 Å². The Hall–Kier alpha value is -1.55. The summed E-state index contributed by atoms with van der Waals surface area (Å²) in [7, 11) is 0. The molecule has 156 valence electrons. The summed E-state index contributed by atoms with van der Waals surface area (Å²) in [5, 5.41) is 0.582. The van der Waals surface area contributed by atoms with Crippen molar-refractivity contribution >= 4 is 23.4 Å². The maximum atomic E-state index is 13.2. The normalized spacial score (nSPS) is 33.6. The largest absolute Gasteiger partial charge is 0.341 e. The molecule has 5 heteroatoms. The third kappa shape index (κ3) is 3.93. The van der Waals surface area contributed by atoms with Crippen molar-refractivity contribution in [2.45, 2.75) is 51.4 Å². The number of amides is 2. The highest BCUT2D eigenvalue weighted by atomic mass is 35.5. The molecule has 1 saturated heterocycles. The average Bonchev–Trinajstić information content (AvgIpc) is 2.92. The zero-order chi connectivity index (χ0) is 20.0. The topological polar surface area (TPSA) is 40.6 Å². The van der Waals surface area contributed by atoms with Gasteiger partial charge >= 0.3 is 0 Å². The first-order valence-corrected chi connectivity index (χ1v) is 11.7. The minimum atomic E-state index is 0.0166. The van der Waals surface area contributed by atoms with E-state index in [0.717, 1.165) is 37.1 Å². The van der Waals surface area contributed by atoms with Crippen LogP contribution in [-0.2, 0) is 4.79 Å². The van der Waals surface area contributed by atoms with Gasteiger partial charge in [-0.1, -0.05) is 17.7 Å². The van der Waals surface area contributed by atoms with E-state index in [9.17, 15) is 9.59 Å². The highest BCUT2D eigenvalue weighted by molar-refractivity contribution is 6.30. The molecule has 4 aliphatic carbocycles. The second-order valence-corrected chi connectivity index (χ2v) is 10.6. The number of carbonyl (C=O) groups is 2. The Morgan fingerprint density at radius 3 is 2.21 bits per heavy atom. The average molecular weight is 415 g/mol. The fourth-order valence-corrected chi connectivity index (χ4v) is 7.30. The Labute approximate surface area is 178 Å². The summed E-state index contributed by atoms with van der Waals surface area (Å²) in [6.07, 6.45) is 9.65. The fourth-order valence-electron chi connectivity index (χ4n) is 7.11. The van der Waals surface area contributed by atoms with E-state index in [1.807, 2.05) is 21.9 Å². The van der Waals surface area contributed by atoms with E-state index in [1.165, 1.54) is 38.5 Å². The van der Waals surface area contributed by atoms with Gasteiger partial charge in [0, 0.05) is 43.2 Å². The first-order valence-electron chi connectivity index (χ1n) is 11.3. The SMILES string of the molecule is O=C(CC12CC3CC(CC(C3)C1)C2)N1CCCN(C(=O)c2cccc(Cl)c2)CC1. The van der Waals surface area contributed by atoms with Crippen molar-refractivity contribution < 1.29 is 9.59 Å². The molecule has 5 fully saturated rings. The number of carbonyl (C=O) groups excluding carboxylic acids is 2. The van der Waals surface area contributed by atoms with Gasteiger partial charge in [-0.2, -0.15) is 0 Å². The number of halogens is 1. The molecule has 1 heterocycles. The van der Waals surface area contributed by atoms with Crippen molar-refractivity contribution in [2.75, 3.05) is 26.2 Å². The number of nitrogens with zero attached hydrogens (tertiary/aromatic N) is 2. The number of rotatable bonds is 3. The van der Waals surface area contributed by atoms with Gasteiger partial charge in [-0.25, -0.2) is 0 Å². The van der Waals surface area contributed by atoms with Crippen LogP contribution in [-0.4, -0.2) is 47.8 Å². The van der Waals surface area contributed by atoms with Crippen molar-refractivity contribution in [3.05, 3.63) is 34.9 Å². The second-order valence-electron chi connectivity index (χ2n) is 10.1. The first kappa shape index (κ1) is 19.4. The van der Waals surface area contributed by atoms with E-state index >= 15 is 0 Å². The van der Waals surface area contributed by atoms with Crippen molar-refractivity contribution in [2.24, 2.45) is 23.2 Å². The lowest BCUT2D eigenvalue weighted by Gasteiger charge is -2.57. The molecule has 5 aliphatic rings. The highest BCUT2D eigenvalue weighted by Gasteiger charge is 2.51. The Morgan fingerprint density at radius 2 is 1.55 bits per heavy atom. The molecule has 4 saturated carbocycles. The van der Waals surface area contributed by atoms with Crippen LogP contribution in [0.1, 0.15) is 61.7 Å². The molecule has 1 aromatic carbocycles. The Bertz CT molecular complexity index is 773. The van der Waals surface area contributed by atoms with E-state index < -0.39 is 0 Å². The van der Waals surface area contributed by atoms with Gasteiger partial charge in [-0.15, -0.1) is 0 Å². The van der Waals surface area contributed by atoms with Gasteiger partial charge < -0.3 is 9.80 Å². The van der Waals surface area contributed by atoms with Gasteiger partial charge in [0.2, 0.25) is 5.91 Å². The highest BCUT2D eigenvalue weighted by Crippen LogP contribution is 2.61. The molecule has 1 aliphatic heterocycles. The molecule has 2 amide bonds. The quantitative estimate of drug-likeness (QED) is 0.723. The second kappa shape index (κ2) is 7.61. The van der Waals surface area contributed by atoms with E-state index in [-0.39, 0.29) is 11.3 Å². The number of benzene rings is 1. The Balaban J connectivity index is 1.21. The zero-order valence-corrected chi connectivity index (χ0v) is 17.9.